The second-order valence-electron chi connectivity index (χ2n) is 22.9. The van der Waals surface area contributed by atoms with Crippen LogP contribution in [0.5, 0.6) is 51.7 Å². The van der Waals surface area contributed by atoms with Gasteiger partial charge in [0.05, 0.1) is 21.2 Å². The van der Waals surface area contributed by atoms with Crippen molar-refractivity contribution >= 4 is 100 Å². The zero-order valence-electron chi connectivity index (χ0n) is 52.7. The number of phenols is 3. The standard InChI is InChI=1S/C28H24O4S.C27H24O4S.C25H20O5S/c29-20-12-15-24-25(17-20)33-28(23-8-4-3-7-22(23)19-5-1-2-6-19)27(24)32-21-13-9-18(10-14-21)11-16-26(30)31;1-3-17(2)21-6-4-5-7-22(21)27-26(23-14-11-19(28)16-24(23)32-27)31-20-12-8-18(9-13-20)10-15-25(29)30;1-29-15-17-4-2-3-5-20(17)25-24(21-12-9-18(26)14-22(21)31-25)30-19-10-6-16(7-11-19)8-13-23(27)28/h3-4,7-17,19,29H,1-2,5-6H2,(H,30,31);4-17,28H,3H2,1-2H3,(H,29,30);2-14,26H,15H2,1H3,(H,27,28)/b16-11+;15-10+;13-8+. The molecule has 0 saturated heterocycles. The van der Waals surface area contributed by atoms with Gasteiger partial charge >= 0.3 is 17.9 Å². The lowest BCUT2D eigenvalue weighted by Crippen LogP contribution is -1.95. The maximum absolute atomic E-state index is 10.8. The van der Waals surface area contributed by atoms with E-state index in [0.29, 0.717) is 41.4 Å². The topological polar surface area (TPSA) is 210 Å². The van der Waals surface area contributed by atoms with Crippen LogP contribution in [0.1, 0.15) is 91.2 Å². The van der Waals surface area contributed by atoms with Gasteiger partial charge in [-0.25, -0.2) is 14.4 Å². The van der Waals surface area contributed by atoms with Crippen LogP contribution in [0.4, 0.5) is 0 Å². The van der Waals surface area contributed by atoms with E-state index in [1.54, 1.807) is 114 Å². The number of hydrogen-bond acceptors (Lipinski definition) is 13. The van der Waals surface area contributed by atoms with E-state index in [4.69, 9.17) is 34.3 Å². The Labute approximate surface area is 567 Å². The highest BCUT2D eigenvalue weighted by Gasteiger charge is 2.26. The van der Waals surface area contributed by atoms with Crippen LogP contribution in [0.3, 0.4) is 0 Å². The lowest BCUT2D eigenvalue weighted by atomic mass is 9.92. The predicted octanol–water partition coefficient (Wildman–Crippen LogP) is 21.8. The molecule has 1 fully saturated rings. The Hall–Kier alpha value is -10.8. The van der Waals surface area contributed by atoms with Crippen LogP contribution in [0, 0.1) is 0 Å². The van der Waals surface area contributed by atoms with Gasteiger partial charge in [-0.3, -0.25) is 0 Å². The lowest BCUT2D eigenvalue weighted by Gasteiger charge is -2.16. The van der Waals surface area contributed by atoms with Crippen LogP contribution >= 0.6 is 34.0 Å². The van der Waals surface area contributed by atoms with Gasteiger partial charge in [0.1, 0.15) is 34.5 Å². The van der Waals surface area contributed by atoms with E-state index in [1.807, 2.05) is 97.1 Å². The largest absolute Gasteiger partial charge is 0.508 e. The molecule has 484 valence electrons. The molecule has 0 spiro atoms. The van der Waals surface area contributed by atoms with Crippen molar-refractivity contribution in [1.29, 1.82) is 0 Å². The molecule has 0 bridgehead atoms. The van der Waals surface area contributed by atoms with Crippen molar-refractivity contribution in [3.05, 3.63) is 252 Å². The quantitative estimate of drug-likeness (QED) is 0.0393. The van der Waals surface area contributed by atoms with Crippen LogP contribution in [-0.4, -0.2) is 55.7 Å². The van der Waals surface area contributed by atoms with Crippen molar-refractivity contribution in [2.24, 2.45) is 0 Å². The summed E-state index contributed by atoms with van der Waals surface area (Å²) in [4.78, 5) is 35.3. The Bertz CT molecular complexity index is 4840. The number of aliphatic carboxylic acids is 3. The zero-order chi connectivity index (χ0) is 67.2. The number of aromatic hydroxyl groups is 3. The first-order valence-electron chi connectivity index (χ1n) is 31.2. The zero-order valence-corrected chi connectivity index (χ0v) is 55.1. The fourth-order valence-corrected chi connectivity index (χ4v) is 15.1. The number of ether oxygens (including phenoxy) is 4. The number of rotatable bonds is 20. The van der Waals surface area contributed by atoms with Crippen LogP contribution < -0.4 is 14.2 Å². The van der Waals surface area contributed by atoms with Crippen molar-refractivity contribution in [2.75, 3.05) is 7.11 Å². The number of thiophene rings is 3. The molecule has 12 aromatic rings. The first kappa shape index (κ1) is 66.7. The highest BCUT2D eigenvalue weighted by Crippen LogP contribution is 2.53. The van der Waals surface area contributed by atoms with Crippen molar-refractivity contribution < 1.29 is 64.0 Å². The monoisotopic (exact) mass is 1330 g/mol. The number of hydrogen-bond donors (Lipinski definition) is 6. The minimum atomic E-state index is -0.993. The molecule has 6 N–H and O–H groups in total. The Morgan fingerprint density at radius 2 is 0.833 bits per heavy atom. The molecule has 3 aromatic heterocycles. The minimum Gasteiger partial charge on any atom is -0.508 e. The maximum atomic E-state index is 10.8. The van der Waals surface area contributed by atoms with Gasteiger partial charge in [0.2, 0.25) is 0 Å². The number of methoxy groups -OCH3 is 1. The molecule has 1 atom stereocenters. The Morgan fingerprint density at radius 3 is 1.24 bits per heavy atom. The lowest BCUT2D eigenvalue weighted by molar-refractivity contribution is -0.132. The summed E-state index contributed by atoms with van der Waals surface area (Å²) in [5.41, 5.74) is 9.36. The Kier molecular flexibility index (Phi) is 21.5. The minimum absolute atomic E-state index is 0.201. The summed E-state index contributed by atoms with van der Waals surface area (Å²) in [5, 5.41) is 59.2. The van der Waals surface area contributed by atoms with Gasteiger partial charge in [0, 0.05) is 61.2 Å². The molecule has 3 heterocycles. The van der Waals surface area contributed by atoms with Gasteiger partial charge in [-0.2, -0.15) is 0 Å². The highest BCUT2D eigenvalue weighted by molar-refractivity contribution is 7.23. The maximum Gasteiger partial charge on any atom is 0.328 e. The van der Waals surface area contributed by atoms with Gasteiger partial charge in [-0.1, -0.05) is 136 Å². The molecule has 0 aliphatic heterocycles. The van der Waals surface area contributed by atoms with E-state index in [1.165, 1.54) is 48.4 Å². The molecule has 1 unspecified atom stereocenters. The Balaban J connectivity index is 0.000000146. The number of benzene rings is 9. The molecule has 1 aliphatic rings. The summed E-state index contributed by atoms with van der Waals surface area (Å²) < 4.78 is 27.4. The molecule has 16 heteroatoms. The van der Waals surface area contributed by atoms with Gasteiger partial charge < -0.3 is 49.6 Å². The summed E-state index contributed by atoms with van der Waals surface area (Å²) >= 11 is 4.79. The van der Waals surface area contributed by atoms with E-state index < -0.39 is 17.9 Å². The number of phenolic OH excluding ortho intramolecular Hbond substituents is 3. The predicted molar refractivity (Wildman–Crippen MR) is 387 cm³/mol. The molecule has 96 heavy (non-hydrogen) atoms. The smallest absolute Gasteiger partial charge is 0.328 e. The second kappa shape index (κ2) is 31.0. The first-order chi connectivity index (χ1) is 46.6. The summed E-state index contributed by atoms with van der Waals surface area (Å²) in [6.45, 7) is 4.88. The van der Waals surface area contributed by atoms with Crippen LogP contribution in [0.2, 0.25) is 0 Å². The molecule has 0 amide bonds. The van der Waals surface area contributed by atoms with E-state index >= 15 is 0 Å². The van der Waals surface area contributed by atoms with Crippen molar-refractivity contribution in [3.8, 4) is 83.1 Å². The van der Waals surface area contributed by atoms with E-state index in [2.05, 4.69) is 56.3 Å². The van der Waals surface area contributed by atoms with E-state index in [9.17, 15) is 29.7 Å². The van der Waals surface area contributed by atoms with Crippen molar-refractivity contribution in [2.45, 2.75) is 64.4 Å². The van der Waals surface area contributed by atoms with Crippen LogP contribution in [-0.2, 0) is 25.7 Å². The SMILES string of the molecule is CCC(C)c1ccccc1-c1sc2cc(O)ccc2c1Oc1ccc(/C=C/C(=O)O)cc1.COCc1ccccc1-c1sc2cc(O)ccc2c1Oc1ccc(/C=C/C(=O)O)cc1.O=C(O)/C=C/c1ccc(Oc2c(-c3ccccc3C3CCCC3)sc3cc(O)ccc23)cc1. The molecule has 1 aliphatic carbocycles. The van der Waals surface area contributed by atoms with Gasteiger partial charge in [-0.05, 0) is 185 Å². The Morgan fingerprint density at radius 1 is 0.469 bits per heavy atom. The van der Waals surface area contributed by atoms with Crippen molar-refractivity contribution in [1.82, 2.24) is 0 Å². The normalized spacial score (nSPS) is 12.7. The molecule has 1 saturated carbocycles. The number of carbonyl (C=O) groups is 3. The third kappa shape index (κ3) is 16.2. The summed E-state index contributed by atoms with van der Waals surface area (Å²) in [5.74, 6) is 2.89. The molecule has 9 aromatic carbocycles. The molecular weight excluding hydrogens is 1270 g/mol. The van der Waals surface area contributed by atoms with Gasteiger partial charge in [0.25, 0.3) is 0 Å². The van der Waals surface area contributed by atoms with Crippen molar-refractivity contribution in [3.63, 3.8) is 0 Å². The number of fused-ring (bicyclic) bond motifs is 3. The average molecular weight is 1330 g/mol. The fraction of sp³-hybridized carbons (Fsp3) is 0.138. The van der Waals surface area contributed by atoms with Gasteiger partial charge in [-0.15, -0.1) is 34.0 Å². The molecule has 13 nitrogen and oxygen atoms in total. The second-order valence-corrected chi connectivity index (χ2v) is 26.1. The highest BCUT2D eigenvalue weighted by atomic mass is 32.1. The van der Waals surface area contributed by atoms with Crippen LogP contribution in [0.15, 0.2) is 218 Å². The molecular formula is C80H68O13S3. The van der Waals surface area contributed by atoms with Gasteiger partial charge in [0.15, 0.2) is 17.2 Å². The molecule has 0 radical (unpaired) electrons. The van der Waals surface area contributed by atoms with Crippen LogP contribution in [0.25, 0.3) is 79.8 Å². The fourth-order valence-electron chi connectivity index (χ4n) is 11.5. The summed E-state index contributed by atoms with van der Waals surface area (Å²) in [6.07, 6.45) is 13.9. The summed E-state index contributed by atoms with van der Waals surface area (Å²) in [7, 11) is 1.66. The first-order valence-corrected chi connectivity index (χ1v) is 33.6. The third-order valence-electron chi connectivity index (χ3n) is 16.4. The van der Waals surface area contributed by atoms with E-state index in [0.717, 1.165) is 114 Å². The third-order valence-corrected chi connectivity index (χ3v) is 19.9. The summed E-state index contributed by atoms with van der Waals surface area (Å²) in [6, 6.07) is 62.8. The average Bonchev–Trinajstić information content (AvgIpc) is 1.63. The number of carboxylic acids is 3. The van der Waals surface area contributed by atoms with E-state index in [-0.39, 0.29) is 17.2 Å². The number of carboxylic acid groups (broad SMARTS) is 3. The molecule has 13 rings (SSSR count).